The molecule has 2 heterocycles. The predicted molar refractivity (Wildman–Crippen MR) is 74.9 cm³/mol. The van der Waals surface area contributed by atoms with Crippen molar-refractivity contribution in [3.05, 3.63) is 36.0 Å². The van der Waals surface area contributed by atoms with E-state index in [1.54, 1.807) is 13.2 Å². The Morgan fingerprint density at radius 3 is 2.81 bits per heavy atom. The van der Waals surface area contributed by atoms with Crippen molar-refractivity contribution in [1.82, 2.24) is 19.7 Å². The van der Waals surface area contributed by atoms with Crippen molar-refractivity contribution >= 4 is 18.4 Å². The lowest BCUT2D eigenvalue weighted by molar-refractivity contribution is 0.0575. The molecule has 1 N–H and O–H groups in total. The van der Waals surface area contributed by atoms with Crippen LogP contribution in [0.15, 0.2) is 24.8 Å². The molecule has 0 aliphatic heterocycles. The van der Waals surface area contributed by atoms with Crippen LogP contribution in [-0.2, 0) is 16.1 Å². The van der Waals surface area contributed by atoms with Gasteiger partial charge in [-0.25, -0.2) is 19.4 Å². The fraction of sp³-hybridized carbons (Fsp3) is 0.333. The van der Waals surface area contributed by atoms with E-state index in [1.807, 2.05) is 0 Å². The molecule has 0 atom stereocenters. The topological polar surface area (TPSA) is 99.4 Å². The third-order valence-electron chi connectivity index (χ3n) is 2.51. The van der Waals surface area contributed by atoms with Crippen molar-refractivity contribution in [2.24, 2.45) is 0 Å². The van der Waals surface area contributed by atoms with Gasteiger partial charge in [0.05, 0.1) is 31.1 Å². The molecule has 0 unspecified atom stereocenters. The largest absolute Gasteiger partial charge is 0.478 e. The highest BCUT2D eigenvalue weighted by Crippen LogP contribution is 2.12. The molecule has 0 saturated carbocycles. The number of hydrogen-bond donors (Lipinski definition) is 1. The molecule has 0 spiro atoms. The maximum atomic E-state index is 11.2. The molecule has 0 radical (unpaired) electrons. The van der Waals surface area contributed by atoms with E-state index in [9.17, 15) is 4.79 Å². The minimum absolute atomic E-state index is 0. The Labute approximate surface area is 127 Å². The average Bonchev–Trinajstić information content (AvgIpc) is 2.97. The molecule has 0 amide bonds. The Kier molecular flexibility index (Phi) is 6.73. The van der Waals surface area contributed by atoms with E-state index in [1.165, 1.54) is 23.4 Å². The first-order chi connectivity index (χ1) is 9.72. The Hall–Kier alpha value is -2.03. The smallest absolute Gasteiger partial charge is 0.337 e. The van der Waals surface area contributed by atoms with Gasteiger partial charge in [0.15, 0.2) is 5.82 Å². The molecule has 9 heteroatoms. The lowest BCUT2D eigenvalue weighted by atomic mass is 10.2. The molecular weight excluding hydrogens is 300 g/mol. The number of carbonyl (C=O) groups is 1. The van der Waals surface area contributed by atoms with Crippen LogP contribution in [0, 0.1) is 0 Å². The number of hydrogen-bond acceptors (Lipinski definition) is 6. The van der Waals surface area contributed by atoms with Gasteiger partial charge in [-0.2, -0.15) is 5.10 Å². The summed E-state index contributed by atoms with van der Waals surface area (Å²) < 4.78 is 11.6. The highest BCUT2D eigenvalue weighted by molar-refractivity contribution is 5.88. The SMILES string of the molecule is COCCOCc1nc(-n2cncn2)ccc1C(=O)O.Cl. The van der Waals surface area contributed by atoms with Crippen molar-refractivity contribution < 1.29 is 19.4 Å². The maximum Gasteiger partial charge on any atom is 0.337 e. The minimum atomic E-state index is -1.05. The van der Waals surface area contributed by atoms with Gasteiger partial charge in [-0.3, -0.25) is 0 Å². The quantitative estimate of drug-likeness (QED) is 0.759. The highest BCUT2D eigenvalue weighted by atomic mass is 35.5. The number of pyridine rings is 1. The van der Waals surface area contributed by atoms with Gasteiger partial charge >= 0.3 is 5.97 Å². The predicted octanol–water partition coefficient (Wildman–Crippen LogP) is 0.945. The highest BCUT2D eigenvalue weighted by Gasteiger charge is 2.13. The van der Waals surface area contributed by atoms with Crippen molar-refractivity contribution in [2.75, 3.05) is 20.3 Å². The van der Waals surface area contributed by atoms with Gasteiger partial charge in [-0.15, -0.1) is 12.4 Å². The molecule has 8 nitrogen and oxygen atoms in total. The van der Waals surface area contributed by atoms with Crippen LogP contribution in [-0.4, -0.2) is 51.1 Å². The Morgan fingerprint density at radius 1 is 1.38 bits per heavy atom. The second kappa shape index (κ2) is 8.30. The molecule has 2 aromatic heterocycles. The Morgan fingerprint density at radius 2 is 2.19 bits per heavy atom. The first-order valence-electron chi connectivity index (χ1n) is 5.87. The number of carboxylic acid groups (broad SMARTS) is 1. The molecule has 114 valence electrons. The molecule has 0 bridgehead atoms. The second-order valence-electron chi connectivity index (χ2n) is 3.85. The number of rotatable bonds is 7. The molecule has 2 aromatic rings. The summed E-state index contributed by atoms with van der Waals surface area (Å²) in [5.74, 6) is -0.564. The summed E-state index contributed by atoms with van der Waals surface area (Å²) in [5, 5.41) is 13.1. The number of carboxylic acids is 1. The molecule has 21 heavy (non-hydrogen) atoms. The molecule has 0 saturated heterocycles. The summed E-state index contributed by atoms with van der Waals surface area (Å²) in [6.45, 7) is 0.892. The summed E-state index contributed by atoms with van der Waals surface area (Å²) in [5.41, 5.74) is 0.438. The molecule has 0 fully saturated rings. The first kappa shape index (κ1) is 17.0. The van der Waals surface area contributed by atoms with Crippen molar-refractivity contribution in [3.8, 4) is 5.82 Å². The lowest BCUT2D eigenvalue weighted by Gasteiger charge is -2.08. The number of ether oxygens (including phenoxy) is 2. The van der Waals surface area contributed by atoms with E-state index in [0.29, 0.717) is 24.7 Å². The third-order valence-corrected chi connectivity index (χ3v) is 2.51. The van der Waals surface area contributed by atoms with E-state index in [-0.39, 0.29) is 24.6 Å². The minimum Gasteiger partial charge on any atom is -0.478 e. The number of aromatic carboxylic acids is 1. The van der Waals surface area contributed by atoms with Gasteiger partial charge < -0.3 is 14.6 Å². The van der Waals surface area contributed by atoms with Crippen LogP contribution >= 0.6 is 12.4 Å². The fourth-order valence-corrected chi connectivity index (χ4v) is 1.56. The number of nitrogens with zero attached hydrogens (tertiary/aromatic N) is 4. The van der Waals surface area contributed by atoms with Crippen LogP contribution in [0.1, 0.15) is 16.1 Å². The van der Waals surface area contributed by atoms with Gasteiger partial charge in [0.1, 0.15) is 12.7 Å². The zero-order chi connectivity index (χ0) is 14.4. The summed E-state index contributed by atoms with van der Waals surface area (Å²) in [4.78, 5) is 19.2. The van der Waals surface area contributed by atoms with Crippen LogP contribution in [0.3, 0.4) is 0 Å². The Balaban J connectivity index is 0.00000220. The summed E-state index contributed by atoms with van der Waals surface area (Å²) in [7, 11) is 1.57. The normalized spacial score (nSPS) is 10.1. The van der Waals surface area contributed by atoms with Gasteiger partial charge in [0.2, 0.25) is 0 Å². The number of aromatic nitrogens is 4. The molecule has 2 rings (SSSR count). The third kappa shape index (κ3) is 4.48. The monoisotopic (exact) mass is 314 g/mol. The van der Waals surface area contributed by atoms with Crippen LogP contribution < -0.4 is 0 Å². The second-order valence-corrected chi connectivity index (χ2v) is 3.85. The van der Waals surface area contributed by atoms with Gasteiger partial charge in [-0.1, -0.05) is 0 Å². The fourth-order valence-electron chi connectivity index (χ4n) is 1.56. The van der Waals surface area contributed by atoms with Gasteiger partial charge in [-0.05, 0) is 12.1 Å². The van der Waals surface area contributed by atoms with Crippen molar-refractivity contribution in [3.63, 3.8) is 0 Å². The average molecular weight is 315 g/mol. The maximum absolute atomic E-state index is 11.2. The van der Waals surface area contributed by atoms with Crippen molar-refractivity contribution in [2.45, 2.75) is 6.61 Å². The van der Waals surface area contributed by atoms with E-state index in [0.717, 1.165) is 0 Å². The number of halogens is 1. The van der Waals surface area contributed by atoms with E-state index >= 15 is 0 Å². The van der Waals surface area contributed by atoms with Gasteiger partial charge in [0.25, 0.3) is 0 Å². The van der Waals surface area contributed by atoms with Crippen LogP contribution in [0.5, 0.6) is 0 Å². The molecule has 0 aliphatic carbocycles. The standard InChI is InChI=1S/C12H14N4O4.ClH/c1-19-4-5-20-6-10-9(12(17)18)2-3-11(15-10)16-8-13-7-14-16;/h2-3,7-8H,4-6H2,1H3,(H,17,18);1H. The van der Waals surface area contributed by atoms with E-state index < -0.39 is 5.97 Å². The zero-order valence-electron chi connectivity index (χ0n) is 11.3. The van der Waals surface area contributed by atoms with Crippen LogP contribution in [0.2, 0.25) is 0 Å². The first-order valence-corrected chi connectivity index (χ1v) is 5.87. The summed E-state index contributed by atoms with van der Waals surface area (Å²) in [6.07, 6.45) is 2.86. The summed E-state index contributed by atoms with van der Waals surface area (Å²) in [6, 6.07) is 3.04. The Bertz CT molecular complexity index is 577. The van der Waals surface area contributed by atoms with E-state index in [4.69, 9.17) is 14.6 Å². The number of methoxy groups -OCH3 is 1. The molecule has 0 aliphatic rings. The molecule has 0 aromatic carbocycles. The van der Waals surface area contributed by atoms with Crippen molar-refractivity contribution in [1.29, 1.82) is 0 Å². The lowest BCUT2D eigenvalue weighted by Crippen LogP contribution is -2.11. The van der Waals surface area contributed by atoms with E-state index in [2.05, 4.69) is 15.1 Å². The zero-order valence-corrected chi connectivity index (χ0v) is 12.1. The van der Waals surface area contributed by atoms with Crippen LogP contribution in [0.4, 0.5) is 0 Å². The summed E-state index contributed by atoms with van der Waals surface area (Å²) >= 11 is 0. The molecular formula is C12H15ClN4O4. The van der Waals surface area contributed by atoms with Gasteiger partial charge in [0, 0.05) is 7.11 Å². The van der Waals surface area contributed by atoms with Crippen LogP contribution in [0.25, 0.3) is 5.82 Å².